The van der Waals surface area contributed by atoms with Crippen molar-refractivity contribution in [3.63, 3.8) is 0 Å². The largest absolute Gasteiger partial charge is 0.463 e. The Morgan fingerprint density at radius 3 is 2.76 bits per heavy atom. The van der Waals surface area contributed by atoms with Crippen molar-refractivity contribution in [3.8, 4) is 0 Å². The minimum atomic E-state index is -0.536. The number of carbonyl (C=O) groups is 1. The molecule has 1 aliphatic rings. The first kappa shape index (κ1) is 17.2. The van der Waals surface area contributed by atoms with Crippen LogP contribution in [-0.4, -0.2) is 37.8 Å². The van der Waals surface area contributed by atoms with E-state index < -0.39 is 12.0 Å². The fraction of sp³-hybridized carbons (Fsp3) is 0.143. The van der Waals surface area contributed by atoms with Gasteiger partial charge in [0.1, 0.15) is 6.04 Å². The Kier molecular flexibility index (Phi) is 4.09. The molecule has 1 atom stereocenters. The van der Waals surface area contributed by atoms with E-state index in [-0.39, 0.29) is 6.61 Å². The number of ether oxygens (including phenoxy) is 1. The van der Waals surface area contributed by atoms with E-state index >= 15 is 0 Å². The van der Waals surface area contributed by atoms with Crippen LogP contribution in [0, 0.1) is 0 Å². The van der Waals surface area contributed by atoms with Crippen molar-refractivity contribution in [1.29, 1.82) is 0 Å². The van der Waals surface area contributed by atoms with Crippen LogP contribution in [0.2, 0.25) is 0 Å². The summed E-state index contributed by atoms with van der Waals surface area (Å²) in [5.41, 5.74) is 3.83. The van der Waals surface area contributed by atoms with Crippen LogP contribution in [0.25, 0.3) is 16.6 Å². The molecule has 0 bridgehead atoms. The number of fused-ring (bicyclic) bond motifs is 2. The molecule has 0 amide bonds. The molecule has 0 spiro atoms. The van der Waals surface area contributed by atoms with E-state index in [1.807, 2.05) is 60.8 Å². The molecule has 1 aliphatic heterocycles. The zero-order valence-corrected chi connectivity index (χ0v) is 15.7. The van der Waals surface area contributed by atoms with E-state index in [1.54, 1.807) is 11.6 Å². The van der Waals surface area contributed by atoms with Crippen LogP contribution < -0.4 is 5.32 Å². The number of para-hydroxylation sites is 1. The zero-order chi connectivity index (χ0) is 19.8. The molecule has 29 heavy (non-hydrogen) atoms. The molecule has 2 aromatic carbocycles. The summed E-state index contributed by atoms with van der Waals surface area (Å²) < 4.78 is 7.06. The van der Waals surface area contributed by atoms with E-state index in [2.05, 4.69) is 25.8 Å². The number of aromatic amines is 1. The van der Waals surface area contributed by atoms with Crippen LogP contribution in [-0.2, 0) is 9.53 Å². The van der Waals surface area contributed by atoms with Gasteiger partial charge in [-0.15, -0.1) is 0 Å². The molecular weight excluding hydrogens is 368 g/mol. The van der Waals surface area contributed by atoms with Gasteiger partial charge in [-0.05, 0) is 29.0 Å². The van der Waals surface area contributed by atoms with E-state index in [0.29, 0.717) is 17.2 Å². The smallest absolute Gasteiger partial charge is 0.338 e. The van der Waals surface area contributed by atoms with Crippen molar-refractivity contribution >= 4 is 28.5 Å². The van der Waals surface area contributed by atoms with Gasteiger partial charge in [0.15, 0.2) is 0 Å². The van der Waals surface area contributed by atoms with Gasteiger partial charge in [-0.25, -0.2) is 4.79 Å². The number of rotatable bonds is 4. The molecule has 8 nitrogen and oxygen atoms in total. The van der Waals surface area contributed by atoms with Gasteiger partial charge in [-0.2, -0.15) is 4.68 Å². The van der Waals surface area contributed by atoms with Gasteiger partial charge in [-0.1, -0.05) is 53.6 Å². The molecular formula is C21H18N6O2. The average molecular weight is 386 g/mol. The number of hydrogen-bond acceptors (Lipinski definition) is 6. The lowest BCUT2D eigenvalue weighted by molar-refractivity contribution is -0.138. The molecule has 2 aromatic heterocycles. The summed E-state index contributed by atoms with van der Waals surface area (Å²) in [5, 5.41) is 16.3. The maximum atomic E-state index is 13.1. The summed E-state index contributed by atoms with van der Waals surface area (Å²) in [7, 11) is 0. The van der Waals surface area contributed by atoms with Gasteiger partial charge in [0.05, 0.1) is 17.9 Å². The molecule has 0 fully saturated rings. The third-order valence-electron chi connectivity index (χ3n) is 4.99. The van der Waals surface area contributed by atoms with E-state index in [0.717, 1.165) is 22.0 Å². The summed E-state index contributed by atoms with van der Waals surface area (Å²) in [6, 6.07) is 17.0. The lowest BCUT2D eigenvalue weighted by Gasteiger charge is -2.28. The van der Waals surface area contributed by atoms with Crippen molar-refractivity contribution in [2.75, 3.05) is 11.9 Å². The van der Waals surface area contributed by atoms with Crippen molar-refractivity contribution in [2.24, 2.45) is 0 Å². The van der Waals surface area contributed by atoms with E-state index in [1.165, 1.54) is 0 Å². The lowest BCUT2D eigenvalue weighted by atomic mass is 9.92. The summed E-state index contributed by atoms with van der Waals surface area (Å²) in [4.78, 5) is 16.4. The Hall–Kier alpha value is -3.94. The first-order chi connectivity index (χ1) is 14.3. The van der Waals surface area contributed by atoms with E-state index in [4.69, 9.17) is 4.74 Å². The number of aromatic nitrogens is 5. The van der Waals surface area contributed by atoms with Crippen LogP contribution in [0.1, 0.15) is 24.1 Å². The Bertz CT molecular complexity index is 1220. The molecule has 2 N–H and O–H groups in total. The summed E-state index contributed by atoms with van der Waals surface area (Å²) in [5.74, 6) is 0.0578. The average Bonchev–Trinajstić information content (AvgIpc) is 3.40. The first-order valence-corrected chi connectivity index (χ1v) is 9.35. The van der Waals surface area contributed by atoms with Gasteiger partial charge >= 0.3 is 5.97 Å². The minimum Gasteiger partial charge on any atom is -0.463 e. The standard InChI is InChI=1S/C21H18N6O2/c1-2-29-20(28)17-18(13-8-4-3-5-9-13)23-21-24-25-26-27(21)19(17)15-12-22-16-11-7-6-10-14(15)16/h3-12,19,22H,2H2,1H3,(H,23,24,26)/t19-/m0/s1. The molecule has 0 radical (unpaired) electrons. The van der Waals surface area contributed by atoms with E-state index in [9.17, 15) is 4.79 Å². The topological polar surface area (TPSA) is 97.7 Å². The second kappa shape index (κ2) is 6.90. The Morgan fingerprint density at radius 2 is 1.93 bits per heavy atom. The Morgan fingerprint density at radius 1 is 1.14 bits per heavy atom. The summed E-state index contributed by atoms with van der Waals surface area (Å²) in [6.07, 6.45) is 1.90. The number of carbonyl (C=O) groups excluding carboxylic acids is 1. The number of H-pyrrole nitrogens is 1. The molecule has 0 unspecified atom stereocenters. The second-order valence-corrected chi connectivity index (χ2v) is 6.64. The first-order valence-electron chi connectivity index (χ1n) is 9.35. The van der Waals surface area contributed by atoms with Crippen LogP contribution in [0.3, 0.4) is 0 Å². The number of benzene rings is 2. The lowest BCUT2D eigenvalue weighted by Crippen LogP contribution is -2.29. The quantitative estimate of drug-likeness (QED) is 0.523. The SMILES string of the molecule is CCOC(=O)C1=C(c2ccccc2)Nc2nnnn2[C@H]1c1c[nH]c2ccccc12. The number of nitrogens with zero attached hydrogens (tertiary/aromatic N) is 4. The molecule has 5 rings (SSSR count). The highest BCUT2D eigenvalue weighted by Gasteiger charge is 2.37. The summed E-state index contributed by atoms with van der Waals surface area (Å²) >= 11 is 0. The molecule has 8 heteroatoms. The monoisotopic (exact) mass is 386 g/mol. The van der Waals surface area contributed by atoms with Gasteiger partial charge in [0, 0.05) is 22.7 Å². The third-order valence-corrected chi connectivity index (χ3v) is 4.99. The van der Waals surface area contributed by atoms with Gasteiger partial charge in [0.25, 0.3) is 0 Å². The van der Waals surface area contributed by atoms with Crippen LogP contribution in [0.5, 0.6) is 0 Å². The molecule has 0 aliphatic carbocycles. The van der Waals surface area contributed by atoms with Crippen molar-refractivity contribution in [3.05, 3.63) is 77.5 Å². The summed E-state index contributed by atoms with van der Waals surface area (Å²) in [6.45, 7) is 2.06. The zero-order valence-electron chi connectivity index (χ0n) is 15.7. The Labute approximate surface area is 166 Å². The second-order valence-electron chi connectivity index (χ2n) is 6.64. The number of hydrogen-bond donors (Lipinski definition) is 2. The maximum absolute atomic E-state index is 13.1. The minimum absolute atomic E-state index is 0.271. The molecule has 0 saturated heterocycles. The fourth-order valence-electron chi connectivity index (χ4n) is 3.75. The maximum Gasteiger partial charge on any atom is 0.338 e. The third kappa shape index (κ3) is 2.77. The highest BCUT2D eigenvalue weighted by molar-refractivity contribution is 6.03. The number of anilines is 1. The molecule has 3 heterocycles. The van der Waals surface area contributed by atoms with Crippen molar-refractivity contribution in [2.45, 2.75) is 13.0 Å². The highest BCUT2D eigenvalue weighted by Crippen LogP contribution is 2.40. The van der Waals surface area contributed by atoms with Crippen LogP contribution in [0.15, 0.2) is 66.4 Å². The number of nitrogens with one attached hydrogen (secondary N) is 2. The van der Waals surface area contributed by atoms with Gasteiger partial charge in [0.2, 0.25) is 5.95 Å². The molecule has 0 saturated carbocycles. The van der Waals surface area contributed by atoms with Gasteiger partial charge in [-0.3, -0.25) is 0 Å². The van der Waals surface area contributed by atoms with Crippen LogP contribution >= 0.6 is 0 Å². The van der Waals surface area contributed by atoms with Crippen LogP contribution in [0.4, 0.5) is 5.95 Å². The van der Waals surface area contributed by atoms with Crippen molar-refractivity contribution < 1.29 is 9.53 Å². The highest BCUT2D eigenvalue weighted by atomic mass is 16.5. The number of tetrazole rings is 1. The fourth-order valence-corrected chi connectivity index (χ4v) is 3.75. The molecule has 4 aromatic rings. The van der Waals surface area contributed by atoms with Crippen molar-refractivity contribution in [1.82, 2.24) is 25.2 Å². The van der Waals surface area contributed by atoms with Gasteiger partial charge < -0.3 is 15.0 Å². The predicted molar refractivity (Wildman–Crippen MR) is 108 cm³/mol. The number of esters is 1. The normalized spacial score (nSPS) is 15.8. The predicted octanol–water partition coefficient (Wildman–Crippen LogP) is 3.14. The molecule has 144 valence electrons. The Balaban J connectivity index is 1.80.